The van der Waals surface area contributed by atoms with Crippen molar-refractivity contribution in [2.75, 3.05) is 25.0 Å². The van der Waals surface area contributed by atoms with E-state index in [1.54, 1.807) is 19.2 Å². The van der Waals surface area contributed by atoms with Gasteiger partial charge in [0.2, 0.25) is 5.91 Å². The Kier molecular flexibility index (Phi) is 10.2. The lowest BCUT2D eigenvalue weighted by atomic mass is 10.1. The second kappa shape index (κ2) is 13.1. The third kappa shape index (κ3) is 7.57. The van der Waals surface area contributed by atoms with E-state index < -0.39 is 30.2 Å². The Bertz CT molecular complexity index is 908. The van der Waals surface area contributed by atoms with Gasteiger partial charge in [0.1, 0.15) is 29.9 Å². The maximum Gasteiger partial charge on any atom is 0.351 e. The average Bonchev–Trinajstić information content (AvgIpc) is 3.16. The molecule has 196 valence electrons. The molecule has 0 aliphatic carbocycles. The fraction of sp³-hybridized carbons (Fsp3) is 0.750. The van der Waals surface area contributed by atoms with Gasteiger partial charge < -0.3 is 34.7 Å². The minimum atomic E-state index is -0.729. The molecule has 0 spiro atoms. The van der Waals surface area contributed by atoms with Crippen LogP contribution in [0.5, 0.6) is 0 Å². The molecule has 1 amide bonds. The summed E-state index contributed by atoms with van der Waals surface area (Å²) in [6, 6.07) is 1.70. The maximum absolute atomic E-state index is 12.7. The molecule has 35 heavy (non-hydrogen) atoms. The molecule has 3 N–H and O–H groups in total. The quantitative estimate of drug-likeness (QED) is 0.344. The highest BCUT2D eigenvalue weighted by Crippen LogP contribution is 2.37. The number of fused-ring (bicyclic) bond motifs is 1. The molecular weight excluding hydrogens is 456 g/mol. The lowest BCUT2D eigenvalue weighted by molar-refractivity contribution is -0.209. The Hall–Kier alpha value is -2.34. The van der Waals surface area contributed by atoms with Gasteiger partial charge in [-0.1, -0.05) is 0 Å². The van der Waals surface area contributed by atoms with Crippen LogP contribution in [0, 0.1) is 0 Å². The fourth-order valence-electron chi connectivity index (χ4n) is 4.25. The van der Waals surface area contributed by atoms with Crippen LogP contribution in [0.25, 0.3) is 0 Å². The number of nitrogens with zero attached hydrogens (tertiary/aromatic N) is 2. The molecule has 2 fully saturated rings. The van der Waals surface area contributed by atoms with Gasteiger partial charge in [0.05, 0.1) is 18.8 Å². The molecule has 11 nitrogen and oxygen atoms in total. The number of aromatic nitrogens is 2. The topological polar surface area (TPSA) is 141 Å². The van der Waals surface area contributed by atoms with Gasteiger partial charge >= 0.3 is 5.69 Å². The highest BCUT2D eigenvalue weighted by molar-refractivity contribution is 5.76. The molecule has 2 aliphatic rings. The summed E-state index contributed by atoms with van der Waals surface area (Å²) < 4.78 is 19.3. The minimum absolute atomic E-state index is 0.00259. The Morgan fingerprint density at radius 1 is 1.03 bits per heavy atom. The molecular formula is C24H38N4O7. The zero-order valence-electron chi connectivity index (χ0n) is 20.8. The third-order valence-corrected chi connectivity index (χ3v) is 6.39. The van der Waals surface area contributed by atoms with Crippen molar-refractivity contribution in [2.45, 2.75) is 96.0 Å². The van der Waals surface area contributed by atoms with Gasteiger partial charge in [-0.05, 0) is 52.5 Å². The van der Waals surface area contributed by atoms with E-state index in [1.807, 2.05) is 13.8 Å². The average molecular weight is 495 g/mol. The number of carbonyl (C=O) groups is 2. The van der Waals surface area contributed by atoms with Crippen LogP contribution < -0.4 is 16.3 Å². The minimum Gasteiger partial charge on any atom is -0.394 e. The van der Waals surface area contributed by atoms with E-state index in [9.17, 15) is 19.5 Å². The summed E-state index contributed by atoms with van der Waals surface area (Å²) in [6.45, 7) is 6.32. The lowest BCUT2D eigenvalue weighted by Gasteiger charge is -2.37. The molecule has 0 saturated carbocycles. The van der Waals surface area contributed by atoms with E-state index in [2.05, 4.69) is 15.6 Å². The number of aliphatic hydroxyl groups excluding tert-OH is 1. The molecule has 6 atom stereocenters. The number of hydrogen-bond donors (Lipinski definition) is 3. The van der Waals surface area contributed by atoms with Crippen molar-refractivity contribution in [3.63, 3.8) is 0 Å². The summed E-state index contributed by atoms with van der Waals surface area (Å²) in [5, 5.41) is 15.7. The van der Waals surface area contributed by atoms with Crippen LogP contribution in [0.15, 0.2) is 17.1 Å². The van der Waals surface area contributed by atoms with Crippen LogP contribution in [-0.4, -0.2) is 76.6 Å². The molecule has 2 aliphatic heterocycles. The van der Waals surface area contributed by atoms with E-state index in [0.717, 1.165) is 25.7 Å². The number of hydrogen-bond acceptors (Lipinski definition) is 9. The van der Waals surface area contributed by atoms with E-state index in [4.69, 9.17) is 14.2 Å². The monoisotopic (exact) mass is 494 g/mol. The molecule has 1 aromatic heterocycles. The number of ether oxygens (including phenoxy) is 3. The molecule has 0 radical (unpaired) electrons. The first kappa shape index (κ1) is 27.3. The number of aliphatic hydroxyl groups is 1. The summed E-state index contributed by atoms with van der Waals surface area (Å²) in [7, 11) is 0. The highest BCUT2D eigenvalue weighted by atomic mass is 16.7. The zero-order chi connectivity index (χ0) is 25.4. The summed E-state index contributed by atoms with van der Waals surface area (Å²) in [5.74, 6) is 0.609. The van der Waals surface area contributed by atoms with Gasteiger partial charge in [-0.15, -0.1) is 0 Å². The number of unbranched alkanes of at least 4 members (excludes halogenated alkanes) is 2. The maximum atomic E-state index is 12.7. The molecule has 1 aromatic rings. The molecule has 3 rings (SSSR count). The van der Waals surface area contributed by atoms with Crippen molar-refractivity contribution in [3.8, 4) is 0 Å². The van der Waals surface area contributed by atoms with Crippen LogP contribution in [0.2, 0.25) is 0 Å². The number of rotatable bonds is 13. The number of anilines is 1. The van der Waals surface area contributed by atoms with Crippen LogP contribution >= 0.6 is 0 Å². The van der Waals surface area contributed by atoms with Gasteiger partial charge in [0, 0.05) is 32.1 Å². The van der Waals surface area contributed by atoms with Crippen LogP contribution in [0.1, 0.15) is 65.5 Å². The molecule has 11 heteroatoms. The van der Waals surface area contributed by atoms with E-state index >= 15 is 0 Å². The number of amides is 1. The lowest BCUT2D eigenvalue weighted by Crippen LogP contribution is -2.50. The van der Waals surface area contributed by atoms with Crippen LogP contribution in [-0.2, 0) is 23.8 Å². The summed E-state index contributed by atoms with van der Waals surface area (Å²) >= 11 is 0. The molecule has 0 aromatic carbocycles. The number of nitrogens with one attached hydrogen (secondary N) is 2. The Morgan fingerprint density at radius 2 is 1.71 bits per heavy atom. The Balaban J connectivity index is 1.41. The third-order valence-electron chi connectivity index (χ3n) is 6.39. The van der Waals surface area contributed by atoms with E-state index in [-0.39, 0.29) is 30.5 Å². The van der Waals surface area contributed by atoms with E-state index in [1.165, 1.54) is 4.57 Å². The summed E-state index contributed by atoms with van der Waals surface area (Å²) in [5.41, 5.74) is -0.482. The van der Waals surface area contributed by atoms with Gasteiger partial charge in [0.15, 0.2) is 6.23 Å². The first-order valence-electron chi connectivity index (χ1n) is 12.5. The smallest absolute Gasteiger partial charge is 0.351 e. The van der Waals surface area contributed by atoms with Gasteiger partial charge in [0.25, 0.3) is 0 Å². The van der Waals surface area contributed by atoms with Gasteiger partial charge in [-0.3, -0.25) is 9.36 Å². The zero-order valence-corrected chi connectivity index (χ0v) is 20.8. The van der Waals surface area contributed by atoms with Crippen molar-refractivity contribution in [1.29, 1.82) is 0 Å². The van der Waals surface area contributed by atoms with Gasteiger partial charge in [-0.25, -0.2) is 4.79 Å². The number of carbonyl (C=O) groups excluding carboxylic acids is 2. The van der Waals surface area contributed by atoms with Crippen molar-refractivity contribution >= 4 is 17.5 Å². The largest absolute Gasteiger partial charge is 0.394 e. The number of Topliss-reactive ketones (excluding diaryl/α,β-unsaturated/α-hetero) is 1. The first-order valence-corrected chi connectivity index (χ1v) is 12.5. The van der Waals surface area contributed by atoms with Crippen molar-refractivity contribution < 1.29 is 28.9 Å². The SMILES string of the molecule is CC(=O)CCCCC(=O)NCCCCNc1ccn([C@@H]2O[C@H](CO)C3O[C@H](C)C(C)OC32)c(=O)n1. The molecule has 2 saturated heterocycles. The predicted molar refractivity (Wildman–Crippen MR) is 128 cm³/mol. The van der Waals surface area contributed by atoms with Crippen LogP contribution in [0.4, 0.5) is 5.82 Å². The van der Waals surface area contributed by atoms with E-state index in [0.29, 0.717) is 31.7 Å². The standard InChI is InChI=1S/C24H38N4O7/c1-15(30)8-4-5-9-20(31)26-12-7-6-11-25-19-10-13-28(24(32)27-19)23-22-21(18(14-29)35-23)33-16(2)17(3)34-22/h10,13,16-18,21-23,29H,4-9,11-12,14H2,1-3H3,(H,26,31)(H,25,27,32)/t16-,17?,18-,21?,22?,23-/m1/s1. The molecule has 3 heterocycles. The van der Waals surface area contributed by atoms with Crippen LogP contribution in [0.3, 0.4) is 0 Å². The second-order valence-corrected chi connectivity index (χ2v) is 9.25. The normalized spacial score (nSPS) is 27.9. The Labute approximate surface area is 205 Å². The second-order valence-electron chi connectivity index (χ2n) is 9.25. The fourth-order valence-corrected chi connectivity index (χ4v) is 4.25. The van der Waals surface area contributed by atoms with Crippen molar-refractivity contribution in [1.82, 2.24) is 14.9 Å². The molecule has 3 unspecified atom stereocenters. The highest BCUT2D eigenvalue weighted by Gasteiger charge is 2.51. The number of ketones is 1. The Morgan fingerprint density at radius 3 is 2.40 bits per heavy atom. The van der Waals surface area contributed by atoms with Crippen molar-refractivity contribution in [2.24, 2.45) is 0 Å². The van der Waals surface area contributed by atoms with Gasteiger partial charge in [-0.2, -0.15) is 4.98 Å². The summed E-state index contributed by atoms with van der Waals surface area (Å²) in [6.07, 6.45) is 3.04. The molecule has 0 bridgehead atoms. The van der Waals surface area contributed by atoms with Crippen molar-refractivity contribution in [3.05, 3.63) is 22.7 Å². The predicted octanol–water partition coefficient (Wildman–Crippen LogP) is 1.15. The summed E-state index contributed by atoms with van der Waals surface area (Å²) in [4.78, 5) is 39.5. The first-order chi connectivity index (χ1) is 16.8.